The molecule has 1 saturated heterocycles. The number of nitrogens with zero attached hydrogens (tertiary/aromatic N) is 8. The maximum atomic E-state index is 13.6. The van der Waals surface area contributed by atoms with E-state index in [-0.39, 0.29) is 16.8 Å². The van der Waals surface area contributed by atoms with Gasteiger partial charge < -0.3 is 4.90 Å². The lowest BCUT2D eigenvalue weighted by atomic mass is 10.1. The van der Waals surface area contributed by atoms with Crippen molar-refractivity contribution in [3.63, 3.8) is 0 Å². The molecule has 0 amide bonds. The number of aryl methyl sites for hydroxylation is 1. The molecule has 1 aliphatic heterocycles. The van der Waals surface area contributed by atoms with Gasteiger partial charge in [0.15, 0.2) is 11.5 Å². The minimum Gasteiger partial charge on any atom is -0.352 e. The second kappa shape index (κ2) is 7.10. The Morgan fingerprint density at radius 3 is 2.68 bits per heavy atom. The lowest BCUT2D eigenvalue weighted by molar-refractivity contribution is 0.309. The van der Waals surface area contributed by atoms with Gasteiger partial charge in [0.1, 0.15) is 16.5 Å². The SMILES string of the molecule is CN(C1CN(c2ccc3nnc(-c4cccc(F)c4)n3n2)C1)S(=O)(=O)c1cnn(C)c1. The summed E-state index contributed by atoms with van der Waals surface area (Å²) in [5.41, 5.74) is 1.11. The summed E-state index contributed by atoms with van der Waals surface area (Å²) in [6, 6.07) is 9.49. The van der Waals surface area contributed by atoms with E-state index in [1.807, 2.05) is 11.0 Å². The highest BCUT2D eigenvalue weighted by molar-refractivity contribution is 7.89. The average Bonchev–Trinajstić information content (AvgIpc) is 3.33. The third-order valence-electron chi connectivity index (χ3n) is 5.39. The van der Waals surface area contributed by atoms with Crippen molar-refractivity contribution in [2.24, 2.45) is 7.05 Å². The van der Waals surface area contributed by atoms with Gasteiger partial charge >= 0.3 is 0 Å². The summed E-state index contributed by atoms with van der Waals surface area (Å²) in [5, 5.41) is 16.8. The summed E-state index contributed by atoms with van der Waals surface area (Å²) in [6.45, 7) is 0.984. The highest BCUT2D eigenvalue weighted by atomic mass is 32.2. The number of anilines is 1. The van der Waals surface area contributed by atoms with Crippen LogP contribution in [0.2, 0.25) is 0 Å². The fourth-order valence-corrected chi connectivity index (χ4v) is 4.85. The molecule has 0 N–H and O–H groups in total. The lowest BCUT2D eigenvalue weighted by Gasteiger charge is -2.43. The third-order valence-corrected chi connectivity index (χ3v) is 7.25. The molecule has 1 fully saturated rings. The van der Waals surface area contributed by atoms with Gasteiger partial charge in [0, 0.05) is 38.9 Å². The first-order valence-electron chi connectivity index (χ1n) is 9.53. The van der Waals surface area contributed by atoms with Crippen LogP contribution in [0.25, 0.3) is 17.0 Å². The maximum Gasteiger partial charge on any atom is 0.246 e. The Balaban J connectivity index is 1.37. The molecule has 3 aromatic heterocycles. The zero-order valence-corrected chi connectivity index (χ0v) is 17.6. The van der Waals surface area contributed by atoms with Crippen molar-refractivity contribution in [1.82, 2.24) is 33.9 Å². The summed E-state index contributed by atoms with van der Waals surface area (Å²) in [6.07, 6.45) is 2.83. The van der Waals surface area contributed by atoms with E-state index in [0.717, 1.165) is 0 Å². The van der Waals surface area contributed by atoms with Crippen molar-refractivity contribution in [1.29, 1.82) is 0 Å². The van der Waals surface area contributed by atoms with E-state index in [1.54, 1.807) is 36.8 Å². The summed E-state index contributed by atoms with van der Waals surface area (Å²) < 4.78 is 43.6. The lowest BCUT2D eigenvalue weighted by Crippen LogP contribution is -2.60. The van der Waals surface area contributed by atoms with Gasteiger partial charge in [-0.3, -0.25) is 4.68 Å². The van der Waals surface area contributed by atoms with Crippen LogP contribution in [-0.4, -0.2) is 68.5 Å². The van der Waals surface area contributed by atoms with E-state index in [9.17, 15) is 12.8 Å². The van der Waals surface area contributed by atoms with E-state index >= 15 is 0 Å². The van der Waals surface area contributed by atoms with Crippen molar-refractivity contribution in [3.05, 3.63) is 54.6 Å². The molecule has 1 aromatic carbocycles. The third kappa shape index (κ3) is 3.33. The maximum absolute atomic E-state index is 13.6. The molecule has 0 saturated carbocycles. The predicted molar refractivity (Wildman–Crippen MR) is 110 cm³/mol. The summed E-state index contributed by atoms with van der Waals surface area (Å²) in [5.74, 6) is 0.729. The van der Waals surface area contributed by atoms with Crippen LogP contribution in [0.1, 0.15) is 0 Å². The van der Waals surface area contributed by atoms with Crippen LogP contribution in [0.4, 0.5) is 10.2 Å². The fraction of sp³-hybridized carbons (Fsp3) is 0.263. The van der Waals surface area contributed by atoms with E-state index in [1.165, 1.54) is 33.5 Å². The van der Waals surface area contributed by atoms with Gasteiger partial charge in [0.05, 0.1) is 12.2 Å². The van der Waals surface area contributed by atoms with Crippen LogP contribution >= 0.6 is 0 Å². The van der Waals surface area contributed by atoms with E-state index < -0.39 is 10.0 Å². The Hall–Kier alpha value is -3.38. The van der Waals surface area contributed by atoms with Gasteiger partial charge in [-0.1, -0.05) is 12.1 Å². The van der Waals surface area contributed by atoms with Crippen LogP contribution in [0.3, 0.4) is 0 Å². The first kappa shape index (κ1) is 19.6. The molecule has 0 atom stereocenters. The minimum atomic E-state index is -3.61. The minimum absolute atomic E-state index is 0.166. The number of benzene rings is 1. The van der Waals surface area contributed by atoms with Gasteiger partial charge in [0.2, 0.25) is 10.0 Å². The normalized spacial score (nSPS) is 15.0. The molecular weight excluding hydrogens is 423 g/mol. The van der Waals surface area contributed by atoms with Gasteiger partial charge in [-0.15, -0.1) is 15.3 Å². The zero-order valence-electron chi connectivity index (χ0n) is 16.8. The van der Waals surface area contributed by atoms with E-state index in [2.05, 4.69) is 20.4 Å². The van der Waals surface area contributed by atoms with E-state index in [0.29, 0.717) is 35.9 Å². The molecule has 4 heterocycles. The number of rotatable bonds is 5. The Labute approximate surface area is 177 Å². The topological polar surface area (TPSA) is 102 Å². The number of fused-ring (bicyclic) bond motifs is 1. The standard InChI is InChI=1S/C19H19FN8O2S/c1-25-12-16(9-21-25)31(29,30)26(2)15-10-27(11-15)18-7-6-17-22-23-19(28(17)24-18)13-4-3-5-14(20)8-13/h3-9,12,15H,10-11H2,1-2H3. The van der Waals surface area contributed by atoms with Gasteiger partial charge in [-0.05, 0) is 24.3 Å². The van der Waals surface area contributed by atoms with Gasteiger partial charge in [0.25, 0.3) is 0 Å². The Morgan fingerprint density at radius 1 is 1.16 bits per heavy atom. The molecule has 0 radical (unpaired) electrons. The quantitative estimate of drug-likeness (QED) is 0.457. The van der Waals surface area contributed by atoms with Crippen LogP contribution in [-0.2, 0) is 17.1 Å². The predicted octanol–water partition coefficient (Wildman–Crippen LogP) is 1.17. The smallest absolute Gasteiger partial charge is 0.246 e. The van der Waals surface area contributed by atoms with Crippen molar-refractivity contribution in [2.75, 3.05) is 25.0 Å². The highest BCUT2D eigenvalue weighted by Crippen LogP contribution is 2.26. The molecule has 10 nitrogen and oxygen atoms in total. The molecule has 160 valence electrons. The first-order valence-corrected chi connectivity index (χ1v) is 11.0. The zero-order chi connectivity index (χ0) is 21.8. The Bertz CT molecular complexity index is 1380. The number of sulfonamides is 1. The average molecular weight is 442 g/mol. The van der Waals surface area contributed by atoms with E-state index in [4.69, 9.17) is 0 Å². The molecule has 0 bridgehead atoms. The Morgan fingerprint density at radius 2 is 1.97 bits per heavy atom. The molecule has 0 unspecified atom stereocenters. The molecule has 4 aromatic rings. The van der Waals surface area contributed by atoms with Crippen LogP contribution in [0, 0.1) is 5.82 Å². The largest absolute Gasteiger partial charge is 0.352 e. The van der Waals surface area contributed by atoms with Gasteiger partial charge in [-0.2, -0.15) is 13.9 Å². The molecule has 1 aliphatic rings. The summed E-state index contributed by atoms with van der Waals surface area (Å²) in [4.78, 5) is 2.13. The van der Waals surface area contributed by atoms with Crippen LogP contribution in [0.15, 0.2) is 53.7 Å². The molecule has 0 spiro atoms. The second-order valence-corrected chi connectivity index (χ2v) is 9.42. The molecule has 31 heavy (non-hydrogen) atoms. The molecule has 5 rings (SSSR count). The van der Waals surface area contributed by atoms with Crippen LogP contribution in [0.5, 0.6) is 0 Å². The second-order valence-electron chi connectivity index (χ2n) is 7.43. The summed E-state index contributed by atoms with van der Waals surface area (Å²) in [7, 11) is -0.366. The number of hydrogen-bond acceptors (Lipinski definition) is 7. The van der Waals surface area contributed by atoms with Crippen molar-refractivity contribution in [2.45, 2.75) is 10.9 Å². The van der Waals surface area contributed by atoms with Crippen molar-refractivity contribution in [3.8, 4) is 11.4 Å². The number of hydrogen-bond donors (Lipinski definition) is 0. The van der Waals surface area contributed by atoms with Gasteiger partial charge in [-0.25, -0.2) is 12.8 Å². The number of likely N-dealkylation sites (N-methyl/N-ethyl adjacent to an activating group) is 1. The first-order chi connectivity index (χ1) is 14.8. The molecule has 0 aliphatic carbocycles. The van der Waals surface area contributed by atoms with Crippen LogP contribution < -0.4 is 4.90 Å². The monoisotopic (exact) mass is 442 g/mol. The van der Waals surface area contributed by atoms with Crippen molar-refractivity contribution < 1.29 is 12.8 Å². The highest BCUT2D eigenvalue weighted by Gasteiger charge is 2.37. The number of halogens is 1. The molecule has 12 heteroatoms. The summed E-state index contributed by atoms with van der Waals surface area (Å²) >= 11 is 0. The number of aromatic nitrogens is 6. The van der Waals surface area contributed by atoms with Crippen molar-refractivity contribution >= 4 is 21.5 Å². The Kier molecular flexibility index (Phi) is 4.48. The fourth-order valence-electron chi connectivity index (χ4n) is 3.52. The molecular formula is C19H19FN8O2S.